The molecule has 0 atom stereocenters. The number of likely N-dealkylation sites (tertiary alicyclic amines) is 1. The van der Waals surface area contributed by atoms with Gasteiger partial charge in [-0.05, 0) is 11.6 Å². The third-order valence-corrected chi connectivity index (χ3v) is 6.07. The van der Waals surface area contributed by atoms with Crippen molar-refractivity contribution in [3.05, 3.63) is 30.1 Å². The highest BCUT2D eigenvalue weighted by Gasteiger charge is 2.40. The predicted octanol–water partition coefficient (Wildman–Crippen LogP) is 0.599. The summed E-state index contributed by atoms with van der Waals surface area (Å²) in [4.78, 5) is 18.3. The van der Waals surface area contributed by atoms with Crippen molar-refractivity contribution in [2.75, 3.05) is 39.1 Å². The van der Waals surface area contributed by atoms with Gasteiger partial charge in [-0.2, -0.15) is 4.31 Å². The average Bonchev–Trinajstić information content (AvgIpc) is 3.07. The van der Waals surface area contributed by atoms with Crippen molar-refractivity contribution in [3.8, 4) is 0 Å². The second-order valence-corrected chi connectivity index (χ2v) is 8.68. The topological polar surface area (TPSA) is 89.0 Å². The van der Waals surface area contributed by atoms with Crippen LogP contribution in [0.5, 0.6) is 0 Å². The van der Waals surface area contributed by atoms with Crippen molar-refractivity contribution in [1.82, 2.24) is 14.2 Å². The molecule has 0 aliphatic carbocycles. The summed E-state index contributed by atoms with van der Waals surface area (Å²) in [5, 5.41) is 0. The molecule has 1 spiro atoms. The quantitative estimate of drug-likeness (QED) is 0.715. The maximum absolute atomic E-state index is 12.5. The fourth-order valence-corrected chi connectivity index (χ4v) is 4.12. The molecular formula is C17H25N3O5S. The highest BCUT2D eigenvalue weighted by atomic mass is 32.2. The number of hydrogen-bond acceptors (Lipinski definition) is 6. The Kier molecular flexibility index (Phi) is 5.91. The number of nitrogens with zero attached hydrogens (tertiary/aromatic N) is 3. The van der Waals surface area contributed by atoms with Gasteiger partial charge in [0.2, 0.25) is 15.9 Å². The number of ether oxygens (including phenoxy) is 2. The van der Waals surface area contributed by atoms with Crippen LogP contribution in [0.1, 0.15) is 24.8 Å². The van der Waals surface area contributed by atoms with Crippen molar-refractivity contribution >= 4 is 15.9 Å². The summed E-state index contributed by atoms with van der Waals surface area (Å²) < 4.78 is 36.7. The van der Waals surface area contributed by atoms with Crippen molar-refractivity contribution < 1.29 is 22.7 Å². The molecule has 26 heavy (non-hydrogen) atoms. The van der Waals surface area contributed by atoms with Crippen LogP contribution in [-0.4, -0.2) is 73.4 Å². The Morgan fingerprint density at radius 2 is 2.00 bits per heavy atom. The maximum Gasteiger partial charge on any atom is 0.223 e. The summed E-state index contributed by atoms with van der Waals surface area (Å²) in [6, 6.07) is 3.58. The van der Waals surface area contributed by atoms with E-state index in [0.29, 0.717) is 39.1 Å². The van der Waals surface area contributed by atoms with E-state index in [1.807, 2.05) is 6.07 Å². The van der Waals surface area contributed by atoms with Gasteiger partial charge in [0.25, 0.3) is 0 Å². The molecule has 2 aliphatic rings. The lowest BCUT2D eigenvalue weighted by Gasteiger charge is -2.37. The van der Waals surface area contributed by atoms with Crippen LogP contribution in [0.15, 0.2) is 24.5 Å². The summed E-state index contributed by atoms with van der Waals surface area (Å²) in [5.74, 6) is -0.562. The van der Waals surface area contributed by atoms with E-state index in [4.69, 9.17) is 9.47 Å². The minimum Gasteiger partial charge on any atom is -0.347 e. The van der Waals surface area contributed by atoms with E-state index in [2.05, 4.69) is 4.98 Å². The Morgan fingerprint density at radius 3 is 2.58 bits per heavy atom. The molecule has 0 saturated carbocycles. The van der Waals surface area contributed by atoms with Crippen molar-refractivity contribution in [1.29, 1.82) is 0 Å². The number of rotatable bonds is 6. The monoisotopic (exact) mass is 383 g/mol. The minimum absolute atomic E-state index is 0.0438. The van der Waals surface area contributed by atoms with Crippen LogP contribution in [-0.2, 0) is 30.8 Å². The van der Waals surface area contributed by atoms with Crippen LogP contribution in [0, 0.1) is 0 Å². The van der Waals surface area contributed by atoms with Gasteiger partial charge in [0.05, 0.1) is 19.5 Å². The molecule has 3 rings (SSSR count). The lowest BCUT2D eigenvalue weighted by Crippen LogP contribution is -2.47. The van der Waals surface area contributed by atoms with Crippen LogP contribution < -0.4 is 0 Å². The molecule has 2 saturated heterocycles. The van der Waals surface area contributed by atoms with Gasteiger partial charge in [-0.3, -0.25) is 9.78 Å². The van der Waals surface area contributed by atoms with Gasteiger partial charge in [0, 0.05) is 57.8 Å². The maximum atomic E-state index is 12.5. The number of sulfonamides is 1. The molecule has 144 valence electrons. The van der Waals surface area contributed by atoms with Gasteiger partial charge < -0.3 is 14.4 Å². The Morgan fingerprint density at radius 1 is 1.31 bits per heavy atom. The first-order chi connectivity index (χ1) is 12.4. The van der Waals surface area contributed by atoms with Crippen LogP contribution in [0.3, 0.4) is 0 Å². The fourth-order valence-electron chi connectivity index (χ4n) is 3.32. The van der Waals surface area contributed by atoms with Gasteiger partial charge >= 0.3 is 0 Å². The third kappa shape index (κ3) is 4.79. The Hall–Kier alpha value is -1.55. The van der Waals surface area contributed by atoms with E-state index < -0.39 is 15.8 Å². The number of carbonyl (C=O) groups excluding carboxylic acids is 1. The van der Waals surface area contributed by atoms with E-state index in [-0.39, 0.29) is 25.4 Å². The van der Waals surface area contributed by atoms with Gasteiger partial charge in [-0.25, -0.2) is 8.42 Å². The van der Waals surface area contributed by atoms with Crippen LogP contribution in [0.2, 0.25) is 0 Å². The smallest absolute Gasteiger partial charge is 0.223 e. The lowest BCUT2D eigenvalue weighted by molar-refractivity contribution is -0.187. The van der Waals surface area contributed by atoms with Crippen LogP contribution in [0.25, 0.3) is 0 Å². The molecule has 1 aromatic heterocycles. The van der Waals surface area contributed by atoms with E-state index >= 15 is 0 Å². The van der Waals surface area contributed by atoms with Gasteiger partial charge in [0.1, 0.15) is 0 Å². The fraction of sp³-hybridized carbons (Fsp3) is 0.647. The number of hydrogen-bond donors (Lipinski definition) is 0. The van der Waals surface area contributed by atoms with Gasteiger partial charge in [-0.1, -0.05) is 6.07 Å². The summed E-state index contributed by atoms with van der Waals surface area (Å²) >= 11 is 0. The van der Waals surface area contributed by atoms with Crippen LogP contribution in [0.4, 0.5) is 0 Å². The molecule has 1 aromatic rings. The van der Waals surface area contributed by atoms with Crippen molar-refractivity contribution in [3.63, 3.8) is 0 Å². The van der Waals surface area contributed by atoms with Crippen molar-refractivity contribution in [2.24, 2.45) is 0 Å². The van der Waals surface area contributed by atoms with Gasteiger partial charge in [0.15, 0.2) is 5.79 Å². The number of amides is 1. The molecule has 0 N–H and O–H groups in total. The molecule has 2 aliphatic heterocycles. The molecule has 8 nitrogen and oxygen atoms in total. The molecule has 0 bridgehead atoms. The summed E-state index contributed by atoms with van der Waals surface area (Å²) in [7, 11) is -3.41. The van der Waals surface area contributed by atoms with E-state index in [1.165, 1.54) is 4.31 Å². The summed E-state index contributed by atoms with van der Waals surface area (Å²) in [6.45, 7) is 2.71. The summed E-state index contributed by atoms with van der Waals surface area (Å²) in [6.07, 6.45) is 5.90. The van der Waals surface area contributed by atoms with Gasteiger partial charge in [-0.15, -0.1) is 0 Å². The Bertz CT molecular complexity index is 709. The van der Waals surface area contributed by atoms with Crippen LogP contribution >= 0.6 is 0 Å². The Labute approximate surface area is 154 Å². The molecule has 0 aromatic carbocycles. The summed E-state index contributed by atoms with van der Waals surface area (Å²) in [5.41, 5.74) is 0.792. The molecule has 0 radical (unpaired) electrons. The molecule has 9 heteroatoms. The van der Waals surface area contributed by atoms with E-state index in [9.17, 15) is 13.2 Å². The molecule has 0 unspecified atom stereocenters. The average molecular weight is 383 g/mol. The highest BCUT2D eigenvalue weighted by Crippen LogP contribution is 2.31. The second-order valence-electron chi connectivity index (χ2n) is 6.70. The minimum atomic E-state index is -3.41. The number of aromatic nitrogens is 1. The number of pyridine rings is 1. The van der Waals surface area contributed by atoms with Crippen molar-refractivity contribution in [2.45, 2.75) is 31.6 Å². The zero-order valence-corrected chi connectivity index (χ0v) is 15.8. The lowest BCUT2D eigenvalue weighted by atomic mass is 10.0. The first kappa shape index (κ1) is 19.2. The normalized spacial score (nSPS) is 20.0. The first-order valence-corrected chi connectivity index (χ1v) is 10.6. The predicted molar refractivity (Wildman–Crippen MR) is 94.6 cm³/mol. The number of carbonyl (C=O) groups is 1. The second kappa shape index (κ2) is 7.99. The Balaban J connectivity index is 1.53. The highest BCUT2D eigenvalue weighted by molar-refractivity contribution is 7.88. The first-order valence-electron chi connectivity index (χ1n) is 8.78. The zero-order valence-electron chi connectivity index (χ0n) is 15.0. The molecule has 2 fully saturated rings. The molecule has 3 heterocycles. The molecular weight excluding hydrogens is 358 g/mol. The largest absolute Gasteiger partial charge is 0.347 e. The standard InChI is InChI=1S/C17H25N3O5S/c1-26(22,23)20(14-15-3-2-7-18-13-15)8-4-16(21)19-9-5-17(6-10-19)24-11-12-25-17/h2-3,7,13H,4-6,8-12,14H2,1H3. The van der Waals surface area contributed by atoms with E-state index in [1.54, 1.807) is 23.4 Å². The zero-order chi connectivity index (χ0) is 18.6. The SMILES string of the molecule is CS(=O)(=O)N(CCC(=O)N1CCC2(CC1)OCCO2)Cc1cccnc1. The van der Waals surface area contributed by atoms with E-state index in [0.717, 1.165) is 11.8 Å². The number of piperidine rings is 1. The third-order valence-electron chi connectivity index (χ3n) is 4.82. The molecule has 1 amide bonds.